The zero-order valence-electron chi connectivity index (χ0n) is 10.3. The normalized spacial score (nSPS) is 10.3. The Bertz CT molecular complexity index is 404. The topological polar surface area (TPSA) is 68.7 Å². The number of pyridine rings is 1. The van der Waals surface area contributed by atoms with E-state index in [9.17, 15) is 4.79 Å². The van der Waals surface area contributed by atoms with Crippen molar-refractivity contribution in [3.63, 3.8) is 0 Å². The second kappa shape index (κ2) is 6.20. The lowest BCUT2D eigenvalue weighted by molar-refractivity contribution is 0.0684. The first kappa shape index (κ1) is 13.4. The Kier molecular flexibility index (Phi) is 4.90. The van der Waals surface area contributed by atoms with Crippen LogP contribution in [0.2, 0.25) is 0 Å². The lowest BCUT2D eigenvalue weighted by Crippen LogP contribution is -2.12. The van der Waals surface area contributed by atoms with E-state index in [4.69, 9.17) is 14.6 Å². The van der Waals surface area contributed by atoms with E-state index in [2.05, 4.69) is 4.98 Å². The molecule has 0 radical (unpaired) electrons. The van der Waals surface area contributed by atoms with Crippen LogP contribution in [0.4, 0.5) is 0 Å². The van der Waals surface area contributed by atoms with Gasteiger partial charge in [0.1, 0.15) is 12.2 Å². The lowest BCUT2D eigenvalue weighted by Gasteiger charge is -2.11. The molecule has 0 aliphatic carbocycles. The molecule has 5 heteroatoms. The molecule has 1 aromatic heterocycles. The van der Waals surface area contributed by atoms with Crippen LogP contribution in [0.1, 0.15) is 28.5 Å². The molecule has 5 nitrogen and oxygen atoms in total. The number of carboxylic acid groups (broad SMARTS) is 1. The lowest BCUT2D eigenvalue weighted by atomic mass is 10.1. The maximum Gasteiger partial charge on any atom is 0.341 e. The van der Waals surface area contributed by atoms with Crippen molar-refractivity contribution >= 4 is 5.97 Å². The zero-order chi connectivity index (χ0) is 12.8. The van der Waals surface area contributed by atoms with Gasteiger partial charge >= 0.3 is 5.97 Å². The molecule has 1 rings (SSSR count). The molecule has 0 atom stereocenters. The van der Waals surface area contributed by atoms with E-state index in [-0.39, 0.29) is 11.4 Å². The van der Waals surface area contributed by atoms with Gasteiger partial charge in [0, 0.05) is 12.3 Å². The predicted molar refractivity (Wildman–Crippen MR) is 62.7 cm³/mol. The van der Waals surface area contributed by atoms with Crippen molar-refractivity contribution in [2.75, 3.05) is 19.8 Å². The van der Waals surface area contributed by atoms with E-state index < -0.39 is 5.97 Å². The van der Waals surface area contributed by atoms with Crippen molar-refractivity contribution in [1.82, 2.24) is 4.98 Å². The number of ether oxygens (including phenoxy) is 2. The van der Waals surface area contributed by atoms with Crippen molar-refractivity contribution in [2.45, 2.75) is 20.8 Å². The summed E-state index contributed by atoms with van der Waals surface area (Å²) in [5, 5.41) is 9.09. The quantitative estimate of drug-likeness (QED) is 0.767. The molecule has 0 aromatic carbocycles. The predicted octanol–water partition coefficient (Wildman–Crippen LogP) is 1.81. The number of nitrogens with zero attached hydrogens (tertiary/aromatic N) is 1. The van der Waals surface area contributed by atoms with Gasteiger partial charge in [-0.25, -0.2) is 9.78 Å². The maximum absolute atomic E-state index is 11.1. The van der Waals surface area contributed by atoms with Crippen LogP contribution >= 0.6 is 0 Å². The van der Waals surface area contributed by atoms with E-state index in [0.29, 0.717) is 25.4 Å². The Balaban J connectivity index is 2.85. The summed E-state index contributed by atoms with van der Waals surface area (Å²) in [6, 6.07) is 1.72. The molecule has 0 spiro atoms. The van der Waals surface area contributed by atoms with E-state index in [1.807, 2.05) is 6.92 Å². The van der Waals surface area contributed by atoms with E-state index >= 15 is 0 Å². The Morgan fingerprint density at radius 3 is 2.71 bits per heavy atom. The van der Waals surface area contributed by atoms with E-state index in [0.717, 1.165) is 5.69 Å². The van der Waals surface area contributed by atoms with Gasteiger partial charge in [-0.2, -0.15) is 0 Å². The number of carbonyl (C=O) groups is 1. The van der Waals surface area contributed by atoms with Crippen LogP contribution < -0.4 is 4.74 Å². The molecule has 1 heterocycles. The highest BCUT2D eigenvalue weighted by molar-refractivity contribution is 5.91. The van der Waals surface area contributed by atoms with Crippen LogP contribution in [-0.2, 0) is 4.74 Å². The molecule has 17 heavy (non-hydrogen) atoms. The van der Waals surface area contributed by atoms with Crippen molar-refractivity contribution in [3.8, 4) is 5.88 Å². The second-order valence-electron chi connectivity index (χ2n) is 3.61. The fourth-order valence-corrected chi connectivity index (χ4v) is 1.51. The minimum atomic E-state index is -1.03. The van der Waals surface area contributed by atoms with Crippen molar-refractivity contribution in [1.29, 1.82) is 0 Å². The van der Waals surface area contributed by atoms with E-state index in [1.54, 1.807) is 19.9 Å². The van der Waals surface area contributed by atoms with Crippen LogP contribution in [0.3, 0.4) is 0 Å². The zero-order valence-corrected chi connectivity index (χ0v) is 10.3. The summed E-state index contributed by atoms with van der Waals surface area (Å²) in [6.45, 7) is 6.74. The third-order valence-corrected chi connectivity index (χ3v) is 2.20. The smallest absolute Gasteiger partial charge is 0.341 e. The summed E-state index contributed by atoms with van der Waals surface area (Å²) in [5.41, 5.74) is 1.50. The number of aryl methyl sites for hydroxylation is 2. The Morgan fingerprint density at radius 1 is 1.41 bits per heavy atom. The molecule has 0 aliphatic heterocycles. The Morgan fingerprint density at radius 2 is 2.12 bits per heavy atom. The second-order valence-corrected chi connectivity index (χ2v) is 3.61. The molecule has 0 saturated carbocycles. The summed E-state index contributed by atoms with van der Waals surface area (Å²) in [7, 11) is 0. The fraction of sp³-hybridized carbons (Fsp3) is 0.500. The van der Waals surface area contributed by atoms with Gasteiger partial charge in [0.25, 0.3) is 0 Å². The van der Waals surface area contributed by atoms with Crippen LogP contribution in [-0.4, -0.2) is 35.9 Å². The molecule has 1 N–H and O–H groups in total. The number of carboxylic acids is 1. The first-order valence-corrected chi connectivity index (χ1v) is 5.48. The number of hydrogen-bond donors (Lipinski definition) is 1. The van der Waals surface area contributed by atoms with Crippen LogP contribution in [0, 0.1) is 13.8 Å². The molecule has 94 valence electrons. The summed E-state index contributed by atoms with van der Waals surface area (Å²) in [6.07, 6.45) is 0. The van der Waals surface area contributed by atoms with Crippen molar-refractivity contribution in [3.05, 3.63) is 22.9 Å². The highest BCUT2D eigenvalue weighted by Gasteiger charge is 2.16. The highest BCUT2D eigenvalue weighted by Crippen LogP contribution is 2.20. The molecule has 0 saturated heterocycles. The van der Waals surface area contributed by atoms with Gasteiger partial charge < -0.3 is 14.6 Å². The monoisotopic (exact) mass is 239 g/mol. The van der Waals surface area contributed by atoms with Gasteiger partial charge in [0.05, 0.1) is 6.61 Å². The van der Waals surface area contributed by atoms with Gasteiger partial charge in [-0.05, 0) is 32.4 Å². The molecule has 1 aromatic rings. The molecule has 0 amide bonds. The van der Waals surface area contributed by atoms with Gasteiger partial charge in [-0.1, -0.05) is 0 Å². The molecule has 0 bridgehead atoms. The number of hydrogen-bond acceptors (Lipinski definition) is 4. The SMILES string of the molecule is CCOCCOc1nc(C)cc(C)c1C(=O)O. The average molecular weight is 239 g/mol. The summed E-state index contributed by atoms with van der Waals surface area (Å²) in [5.74, 6) is -0.865. The minimum absolute atomic E-state index is 0.118. The minimum Gasteiger partial charge on any atom is -0.477 e. The largest absolute Gasteiger partial charge is 0.477 e. The summed E-state index contributed by atoms with van der Waals surface area (Å²) >= 11 is 0. The number of aromatic nitrogens is 1. The number of aromatic carboxylic acids is 1. The van der Waals surface area contributed by atoms with Gasteiger partial charge in [-0.15, -0.1) is 0 Å². The first-order chi connectivity index (χ1) is 8.06. The fourth-order valence-electron chi connectivity index (χ4n) is 1.51. The van der Waals surface area contributed by atoms with Crippen LogP contribution in [0.5, 0.6) is 5.88 Å². The highest BCUT2D eigenvalue weighted by atomic mass is 16.5. The van der Waals surface area contributed by atoms with Crippen LogP contribution in [0.15, 0.2) is 6.07 Å². The molecular weight excluding hydrogens is 222 g/mol. The molecule has 0 unspecified atom stereocenters. The van der Waals surface area contributed by atoms with Gasteiger partial charge in [0.2, 0.25) is 5.88 Å². The van der Waals surface area contributed by atoms with Crippen molar-refractivity contribution in [2.24, 2.45) is 0 Å². The van der Waals surface area contributed by atoms with Gasteiger partial charge in [0.15, 0.2) is 0 Å². The van der Waals surface area contributed by atoms with Gasteiger partial charge in [-0.3, -0.25) is 0 Å². The number of rotatable bonds is 6. The average Bonchev–Trinajstić information content (AvgIpc) is 2.22. The van der Waals surface area contributed by atoms with E-state index in [1.165, 1.54) is 0 Å². The Hall–Kier alpha value is -1.62. The third-order valence-electron chi connectivity index (χ3n) is 2.20. The third kappa shape index (κ3) is 3.71. The maximum atomic E-state index is 11.1. The standard InChI is InChI=1S/C12H17NO4/c1-4-16-5-6-17-11-10(12(14)15)8(2)7-9(3)13-11/h7H,4-6H2,1-3H3,(H,14,15). The first-order valence-electron chi connectivity index (χ1n) is 5.48. The molecule has 0 fully saturated rings. The Labute approximate surface area is 100 Å². The summed E-state index contributed by atoms with van der Waals surface area (Å²) in [4.78, 5) is 15.2. The molecular formula is C12H17NO4. The molecule has 0 aliphatic rings. The van der Waals surface area contributed by atoms with Crippen molar-refractivity contribution < 1.29 is 19.4 Å². The van der Waals surface area contributed by atoms with Crippen LogP contribution in [0.25, 0.3) is 0 Å². The summed E-state index contributed by atoms with van der Waals surface area (Å²) < 4.78 is 10.5.